The molecule has 244 valence electrons. The first kappa shape index (κ1) is 33.4. The molecule has 0 saturated carbocycles. The summed E-state index contributed by atoms with van der Waals surface area (Å²) < 4.78 is 5.60. The van der Waals surface area contributed by atoms with Gasteiger partial charge in [-0.1, -0.05) is 146 Å². The van der Waals surface area contributed by atoms with Crippen molar-refractivity contribution in [3.63, 3.8) is 0 Å². The van der Waals surface area contributed by atoms with Gasteiger partial charge in [0, 0.05) is 6.54 Å². The molecule has 6 rings (SSSR count). The van der Waals surface area contributed by atoms with Crippen molar-refractivity contribution in [3.8, 4) is 12.1 Å². The molecule has 1 fully saturated rings. The lowest BCUT2D eigenvalue weighted by atomic mass is 9.68. The van der Waals surface area contributed by atoms with Gasteiger partial charge in [-0.05, 0) is 72.7 Å². The minimum atomic E-state index is -1.01. The third-order valence-electron chi connectivity index (χ3n) is 10.4. The molecule has 0 aromatic heterocycles. The predicted octanol–water partition coefficient (Wildman–Crippen LogP) is 8.34. The third kappa shape index (κ3) is 6.27. The highest BCUT2D eigenvalue weighted by Crippen LogP contribution is 2.42. The fraction of sp³-hybridized carbons (Fsp3) is 0.250. The van der Waals surface area contributed by atoms with E-state index < -0.39 is 16.2 Å². The van der Waals surface area contributed by atoms with Crippen LogP contribution in [0.25, 0.3) is 0 Å². The molecular weight excluding hydrogens is 603 g/mol. The van der Waals surface area contributed by atoms with Gasteiger partial charge in [0.15, 0.2) is 0 Å². The molecule has 5 aromatic carbocycles. The van der Waals surface area contributed by atoms with E-state index >= 15 is 0 Å². The van der Waals surface area contributed by atoms with E-state index in [0.29, 0.717) is 32.4 Å². The van der Waals surface area contributed by atoms with Crippen LogP contribution in [0.3, 0.4) is 0 Å². The van der Waals surface area contributed by atoms with Crippen molar-refractivity contribution < 1.29 is 9.53 Å². The second kappa shape index (κ2) is 14.7. The van der Waals surface area contributed by atoms with Gasteiger partial charge in [0.1, 0.15) is 10.8 Å². The van der Waals surface area contributed by atoms with Crippen LogP contribution < -0.4 is 0 Å². The van der Waals surface area contributed by atoms with Crippen molar-refractivity contribution in [1.29, 1.82) is 10.5 Å². The molecule has 0 aliphatic carbocycles. The number of carbonyl (C=O) groups is 1. The number of esters is 1. The van der Waals surface area contributed by atoms with E-state index in [1.807, 2.05) is 153 Å². The molecule has 1 aliphatic rings. The highest BCUT2D eigenvalue weighted by molar-refractivity contribution is 5.83. The summed E-state index contributed by atoms with van der Waals surface area (Å²) in [5.41, 5.74) is 2.87. The van der Waals surface area contributed by atoms with Crippen LogP contribution in [0.15, 0.2) is 146 Å². The summed E-state index contributed by atoms with van der Waals surface area (Å²) in [5, 5.41) is 21.9. The molecule has 1 aliphatic heterocycles. The van der Waals surface area contributed by atoms with Crippen LogP contribution in [0.1, 0.15) is 59.6 Å². The zero-order chi connectivity index (χ0) is 34.2. The van der Waals surface area contributed by atoms with Gasteiger partial charge in [-0.2, -0.15) is 10.5 Å². The first-order valence-electron chi connectivity index (χ1n) is 17.1. The molecule has 1 heterocycles. The average molecular weight is 644 g/mol. The van der Waals surface area contributed by atoms with E-state index in [4.69, 9.17) is 4.74 Å². The second-order valence-corrected chi connectivity index (χ2v) is 12.8. The molecule has 1 unspecified atom stereocenters. The lowest BCUT2D eigenvalue weighted by Crippen LogP contribution is -2.49. The van der Waals surface area contributed by atoms with Gasteiger partial charge < -0.3 is 9.64 Å². The maximum atomic E-state index is 13.4. The molecule has 5 nitrogen and oxygen atoms in total. The highest BCUT2D eigenvalue weighted by atomic mass is 16.5. The van der Waals surface area contributed by atoms with E-state index in [-0.39, 0.29) is 5.97 Å². The summed E-state index contributed by atoms with van der Waals surface area (Å²) in [6.07, 6.45) is 1.89. The molecule has 0 N–H and O–H groups in total. The Bertz CT molecular complexity index is 1870. The number of piperidine rings is 1. The normalized spacial score (nSPS) is 15.7. The van der Waals surface area contributed by atoms with Crippen LogP contribution in [-0.4, -0.2) is 37.1 Å². The SMILES string of the molecule is CCOC(=O)C1(c2ccccc2)CCN(CCC(C#N)(c2ccccc2)c2ccc(C(C#N)(c3ccccc3)c3ccccc3)cc2)CC1. The van der Waals surface area contributed by atoms with Crippen LogP contribution in [-0.2, 0) is 25.8 Å². The Labute approximate surface area is 290 Å². The van der Waals surface area contributed by atoms with Gasteiger partial charge in [0.25, 0.3) is 0 Å². The summed E-state index contributed by atoms with van der Waals surface area (Å²) in [6.45, 7) is 4.34. The summed E-state index contributed by atoms with van der Waals surface area (Å²) in [4.78, 5) is 15.7. The van der Waals surface area contributed by atoms with Crippen molar-refractivity contribution in [2.75, 3.05) is 26.2 Å². The zero-order valence-electron chi connectivity index (χ0n) is 28.0. The van der Waals surface area contributed by atoms with Gasteiger partial charge in [0.2, 0.25) is 0 Å². The van der Waals surface area contributed by atoms with Crippen molar-refractivity contribution in [3.05, 3.63) is 179 Å². The Morgan fingerprint density at radius 2 is 1.08 bits per heavy atom. The van der Waals surface area contributed by atoms with Gasteiger partial charge in [-0.3, -0.25) is 4.79 Å². The maximum absolute atomic E-state index is 13.4. The fourth-order valence-corrected chi connectivity index (χ4v) is 7.56. The molecule has 5 aromatic rings. The van der Waals surface area contributed by atoms with E-state index in [2.05, 4.69) is 17.0 Å². The largest absolute Gasteiger partial charge is 0.465 e. The van der Waals surface area contributed by atoms with Crippen molar-refractivity contribution in [2.24, 2.45) is 0 Å². The molecule has 0 radical (unpaired) electrons. The molecular formula is C44H41N3O2. The van der Waals surface area contributed by atoms with Crippen LogP contribution >= 0.6 is 0 Å². The van der Waals surface area contributed by atoms with Crippen molar-refractivity contribution in [2.45, 2.75) is 42.4 Å². The average Bonchev–Trinajstić information content (AvgIpc) is 3.18. The summed E-state index contributed by atoms with van der Waals surface area (Å²) in [6, 6.07) is 53.3. The van der Waals surface area contributed by atoms with Gasteiger partial charge in [0.05, 0.1) is 24.2 Å². The lowest BCUT2D eigenvalue weighted by Gasteiger charge is -2.41. The van der Waals surface area contributed by atoms with E-state index in [1.54, 1.807) is 0 Å². The van der Waals surface area contributed by atoms with Gasteiger partial charge in [-0.25, -0.2) is 0 Å². The van der Waals surface area contributed by atoms with Crippen molar-refractivity contribution in [1.82, 2.24) is 4.90 Å². The number of nitriles is 2. The fourth-order valence-electron chi connectivity index (χ4n) is 7.56. The number of nitrogens with zero attached hydrogens (tertiary/aromatic N) is 3. The second-order valence-electron chi connectivity index (χ2n) is 12.8. The summed E-state index contributed by atoms with van der Waals surface area (Å²) in [5.74, 6) is -0.156. The van der Waals surface area contributed by atoms with E-state index in [1.165, 1.54) is 0 Å². The standard InChI is InChI=1S/C44H41N3O2/c1-2-49-41(48)42(35-15-7-3-8-16-35)27-30-47(31-28-42)32-29-43(33-45,36-17-9-4-10-18-36)37-23-25-40(26-24-37)44(34-46,38-19-11-5-12-20-38)39-21-13-6-14-22-39/h3-26H,2,27-32H2,1H3. The van der Waals surface area contributed by atoms with Crippen LogP contribution in [0.5, 0.6) is 0 Å². The molecule has 49 heavy (non-hydrogen) atoms. The number of carbonyl (C=O) groups excluding carboxylic acids is 1. The Morgan fingerprint density at radius 3 is 1.55 bits per heavy atom. The topological polar surface area (TPSA) is 77.1 Å². The monoisotopic (exact) mass is 643 g/mol. The molecule has 1 atom stereocenters. The van der Waals surface area contributed by atoms with Gasteiger partial charge in [-0.15, -0.1) is 0 Å². The van der Waals surface area contributed by atoms with Crippen LogP contribution in [0, 0.1) is 22.7 Å². The molecule has 5 heteroatoms. The summed E-state index contributed by atoms with van der Waals surface area (Å²) in [7, 11) is 0. The van der Waals surface area contributed by atoms with Gasteiger partial charge >= 0.3 is 5.97 Å². The molecule has 1 saturated heterocycles. The first-order chi connectivity index (χ1) is 24.0. The zero-order valence-corrected chi connectivity index (χ0v) is 28.0. The third-order valence-corrected chi connectivity index (χ3v) is 10.4. The molecule has 0 amide bonds. The number of benzene rings is 5. The lowest BCUT2D eigenvalue weighted by molar-refractivity contribution is -0.152. The van der Waals surface area contributed by atoms with E-state index in [0.717, 1.165) is 46.5 Å². The Morgan fingerprint density at radius 1 is 0.653 bits per heavy atom. The number of hydrogen-bond donors (Lipinski definition) is 0. The quantitative estimate of drug-likeness (QED) is 0.107. The van der Waals surface area contributed by atoms with Crippen molar-refractivity contribution >= 4 is 5.97 Å². The maximum Gasteiger partial charge on any atom is 0.316 e. The first-order valence-corrected chi connectivity index (χ1v) is 17.1. The highest BCUT2D eigenvalue weighted by Gasteiger charge is 2.45. The minimum absolute atomic E-state index is 0.156. The number of likely N-dealkylation sites (tertiary alicyclic amines) is 1. The predicted molar refractivity (Wildman–Crippen MR) is 193 cm³/mol. The minimum Gasteiger partial charge on any atom is -0.465 e. The Hall–Kier alpha value is -5.49. The summed E-state index contributed by atoms with van der Waals surface area (Å²) >= 11 is 0. The molecule has 0 bridgehead atoms. The Kier molecular flexibility index (Phi) is 10.0. The number of hydrogen-bond acceptors (Lipinski definition) is 5. The van der Waals surface area contributed by atoms with E-state index in [9.17, 15) is 15.3 Å². The smallest absolute Gasteiger partial charge is 0.316 e. The van der Waals surface area contributed by atoms with Crippen LogP contribution in [0.4, 0.5) is 0 Å². The molecule has 0 spiro atoms. The number of ether oxygens (including phenoxy) is 1. The van der Waals surface area contributed by atoms with Crippen LogP contribution in [0.2, 0.25) is 0 Å². The number of rotatable bonds is 11. The Balaban J connectivity index is 1.31.